The number of benzene rings is 4. The van der Waals surface area contributed by atoms with Crippen molar-refractivity contribution in [2.45, 2.75) is 18.4 Å². The number of hydrogen-bond donors (Lipinski definition) is 2. The van der Waals surface area contributed by atoms with Crippen LogP contribution in [0.3, 0.4) is 0 Å². The molecule has 36 heavy (non-hydrogen) atoms. The summed E-state index contributed by atoms with van der Waals surface area (Å²) in [6, 6.07) is 29.9. The van der Waals surface area contributed by atoms with Crippen molar-refractivity contribution in [3.63, 3.8) is 0 Å². The molecule has 0 bridgehead atoms. The quantitative estimate of drug-likeness (QED) is 0.246. The molecule has 4 aromatic carbocycles. The average Bonchev–Trinajstić information content (AvgIpc) is 2.89. The first-order valence-electron chi connectivity index (χ1n) is 11.2. The Morgan fingerprint density at radius 2 is 1.53 bits per heavy atom. The summed E-state index contributed by atoms with van der Waals surface area (Å²) in [6.45, 7) is 2.30. The summed E-state index contributed by atoms with van der Waals surface area (Å²) >= 11 is 0. The molecule has 0 unspecified atom stereocenters. The second kappa shape index (κ2) is 11.3. The molecule has 4 aromatic rings. The predicted molar refractivity (Wildman–Crippen MR) is 141 cm³/mol. The van der Waals surface area contributed by atoms with Gasteiger partial charge < -0.3 is 4.74 Å². The van der Waals surface area contributed by atoms with Gasteiger partial charge in [-0.15, -0.1) is 0 Å². The van der Waals surface area contributed by atoms with Gasteiger partial charge in [0.15, 0.2) is 0 Å². The molecule has 182 valence electrons. The van der Waals surface area contributed by atoms with E-state index < -0.39 is 15.9 Å². The zero-order valence-electron chi connectivity index (χ0n) is 19.6. The molecule has 0 spiro atoms. The van der Waals surface area contributed by atoms with Crippen molar-refractivity contribution in [1.82, 2.24) is 5.43 Å². The van der Waals surface area contributed by atoms with E-state index in [-0.39, 0.29) is 4.90 Å². The topological polar surface area (TPSA) is 96.9 Å². The number of ether oxygens (including phenoxy) is 1. The highest BCUT2D eigenvalue weighted by Gasteiger charge is 2.14. The van der Waals surface area contributed by atoms with Gasteiger partial charge in [0.05, 0.1) is 11.1 Å². The molecule has 0 fully saturated rings. The Morgan fingerprint density at radius 3 is 2.25 bits per heavy atom. The first-order chi connectivity index (χ1) is 17.4. The van der Waals surface area contributed by atoms with Gasteiger partial charge in [-0.25, -0.2) is 13.8 Å². The fourth-order valence-corrected chi connectivity index (χ4v) is 4.36. The molecule has 0 aliphatic carbocycles. The first-order valence-corrected chi connectivity index (χ1v) is 12.7. The van der Waals surface area contributed by atoms with Crippen molar-refractivity contribution in [3.8, 4) is 5.75 Å². The molecule has 8 heteroatoms. The smallest absolute Gasteiger partial charge is 0.271 e. The van der Waals surface area contributed by atoms with Crippen LogP contribution in [-0.2, 0) is 16.6 Å². The highest BCUT2D eigenvalue weighted by atomic mass is 32.2. The van der Waals surface area contributed by atoms with Gasteiger partial charge in [-0.05, 0) is 61.0 Å². The van der Waals surface area contributed by atoms with E-state index in [0.717, 1.165) is 16.7 Å². The lowest BCUT2D eigenvalue weighted by Gasteiger charge is -2.09. The summed E-state index contributed by atoms with van der Waals surface area (Å²) in [5, 5.41) is 4.05. The predicted octanol–water partition coefficient (Wildman–Crippen LogP) is 5.14. The molecule has 7 nitrogen and oxygen atoms in total. The number of anilines is 1. The highest BCUT2D eigenvalue weighted by Crippen LogP contribution is 2.19. The molecule has 4 rings (SSSR count). The first kappa shape index (κ1) is 24.7. The monoisotopic (exact) mass is 499 g/mol. The van der Waals surface area contributed by atoms with Gasteiger partial charge in [0.2, 0.25) is 0 Å². The molecule has 0 aliphatic heterocycles. The summed E-state index contributed by atoms with van der Waals surface area (Å²) in [7, 11) is -3.72. The van der Waals surface area contributed by atoms with Gasteiger partial charge in [0.25, 0.3) is 15.9 Å². The lowest BCUT2D eigenvalue weighted by molar-refractivity contribution is 0.0955. The second-order valence-corrected chi connectivity index (χ2v) is 9.69. The second-order valence-electron chi connectivity index (χ2n) is 8.01. The minimum absolute atomic E-state index is 0.164. The number of carbonyl (C=O) groups is 1. The fourth-order valence-electron chi connectivity index (χ4n) is 3.30. The Labute approximate surface area is 210 Å². The highest BCUT2D eigenvalue weighted by molar-refractivity contribution is 7.92. The van der Waals surface area contributed by atoms with Gasteiger partial charge in [0, 0.05) is 16.8 Å². The molecule has 0 atom stereocenters. The minimum Gasteiger partial charge on any atom is -0.488 e. The third-order valence-electron chi connectivity index (χ3n) is 5.26. The molecular formula is C28H25N3O4S. The van der Waals surface area contributed by atoms with Crippen LogP contribution in [0, 0.1) is 6.92 Å². The van der Waals surface area contributed by atoms with E-state index in [2.05, 4.69) is 15.2 Å². The van der Waals surface area contributed by atoms with Crippen molar-refractivity contribution >= 4 is 27.8 Å². The van der Waals surface area contributed by atoms with Gasteiger partial charge in [-0.3, -0.25) is 9.52 Å². The van der Waals surface area contributed by atoms with E-state index in [1.54, 1.807) is 24.3 Å². The molecule has 0 radical (unpaired) electrons. The van der Waals surface area contributed by atoms with Gasteiger partial charge in [-0.1, -0.05) is 60.2 Å². The molecule has 0 aromatic heterocycles. The van der Waals surface area contributed by atoms with Gasteiger partial charge >= 0.3 is 0 Å². The third kappa shape index (κ3) is 6.58. The van der Waals surface area contributed by atoms with Gasteiger partial charge in [0.1, 0.15) is 12.4 Å². The number of nitrogens with zero attached hydrogens (tertiary/aromatic N) is 1. The number of sulfonamides is 1. The van der Waals surface area contributed by atoms with Crippen LogP contribution in [0.15, 0.2) is 113 Å². The maximum Gasteiger partial charge on any atom is 0.271 e. The molecule has 1 amide bonds. The molecular weight excluding hydrogens is 474 g/mol. The number of nitrogens with one attached hydrogen (secondary N) is 2. The van der Waals surface area contributed by atoms with Crippen LogP contribution in [0.2, 0.25) is 0 Å². The van der Waals surface area contributed by atoms with Crippen LogP contribution >= 0.6 is 0 Å². The van der Waals surface area contributed by atoms with Crippen molar-refractivity contribution in [3.05, 3.63) is 125 Å². The van der Waals surface area contributed by atoms with Crippen molar-refractivity contribution < 1.29 is 17.9 Å². The molecule has 0 saturated carbocycles. The Kier molecular flexibility index (Phi) is 7.77. The van der Waals surface area contributed by atoms with Crippen LogP contribution < -0.4 is 14.9 Å². The Bertz CT molecular complexity index is 1450. The Morgan fingerprint density at radius 1 is 0.861 bits per heavy atom. The Hall–Kier alpha value is -4.43. The maximum atomic E-state index is 12.5. The zero-order chi connectivity index (χ0) is 25.4. The molecule has 0 heterocycles. The fraction of sp³-hybridized carbons (Fsp3) is 0.0714. The number of aryl methyl sites for hydroxylation is 1. The van der Waals surface area contributed by atoms with Crippen LogP contribution in [0.5, 0.6) is 5.75 Å². The molecule has 0 aliphatic rings. The number of hydrogen-bond acceptors (Lipinski definition) is 5. The number of carbonyl (C=O) groups excluding carboxylic acids is 1. The van der Waals surface area contributed by atoms with E-state index in [0.29, 0.717) is 23.6 Å². The van der Waals surface area contributed by atoms with Crippen molar-refractivity contribution in [2.75, 3.05) is 4.72 Å². The average molecular weight is 500 g/mol. The maximum absolute atomic E-state index is 12.5. The minimum atomic E-state index is -3.72. The van der Waals surface area contributed by atoms with Crippen molar-refractivity contribution in [1.29, 1.82) is 0 Å². The van der Waals surface area contributed by atoms with E-state index in [9.17, 15) is 13.2 Å². The summed E-state index contributed by atoms with van der Waals surface area (Å²) in [5.41, 5.74) is 5.89. The Balaban J connectivity index is 1.35. The van der Waals surface area contributed by atoms with E-state index in [1.165, 1.54) is 30.5 Å². The largest absolute Gasteiger partial charge is 0.488 e. The molecule has 2 N–H and O–H groups in total. The summed E-state index contributed by atoms with van der Waals surface area (Å²) in [4.78, 5) is 12.6. The van der Waals surface area contributed by atoms with Crippen molar-refractivity contribution in [2.24, 2.45) is 5.10 Å². The zero-order valence-corrected chi connectivity index (χ0v) is 20.4. The van der Waals surface area contributed by atoms with E-state index >= 15 is 0 Å². The van der Waals surface area contributed by atoms with Crippen LogP contribution in [0.4, 0.5) is 5.69 Å². The summed E-state index contributed by atoms with van der Waals surface area (Å²) < 4.78 is 33.5. The number of amides is 1. The van der Waals surface area contributed by atoms with Crippen LogP contribution in [0.1, 0.15) is 27.0 Å². The standard InChI is InChI=1S/C28H25N3O4S/c1-21-11-17-26(18-12-21)36(33,34)31-25-15-13-23(14-16-25)28(32)30-29-19-24-9-5-6-10-27(24)35-20-22-7-3-2-4-8-22/h2-19,31H,20H2,1H3,(H,30,32)/b29-19+. The van der Waals surface area contributed by atoms with Crippen LogP contribution in [0.25, 0.3) is 0 Å². The summed E-state index contributed by atoms with van der Waals surface area (Å²) in [5.74, 6) is 0.214. The molecule has 0 saturated heterocycles. The van der Waals surface area contributed by atoms with E-state index in [4.69, 9.17) is 4.74 Å². The third-order valence-corrected chi connectivity index (χ3v) is 6.65. The van der Waals surface area contributed by atoms with Gasteiger partial charge in [-0.2, -0.15) is 5.10 Å². The van der Waals surface area contributed by atoms with Crippen LogP contribution in [-0.4, -0.2) is 20.5 Å². The number of para-hydroxylation sites is 1. The lowest BCUT2D eigenvalue weighted by Crippen LogP contribution is -2.18. The normalized spacial score (nSPS) is 11.2. The van der Waals surface area contributed by atoms with E-state index in [1.807, 2.05) is 61.5 Å². The summed E-state index contributed by atoms with van der Waals surface area (Å²) in [6.07, 6.45) is 1.52. The number of hydrazone groups is 1. The lowest BCUT2D eigenvalue weighted by atomic mass is 10.2. The SMILES string of the molecule is Cc1ccc(S(=O)(=O)Nc2ccc(C(=O)N/N=C/c3ccccc3OCc3ccccc3)cc2)cc1. The number of rotatable bonds is 9.